The van der Waals surface area contributed by atoms with E-state index in [1.807, 2.05) is 39.6 Å². The topological polar surface area (TPSA) is 194 Å². The van der Waals surface area contributed by atoms with E-state index in [4.69, 9.17) is 16.3 Å². The van der Waals surface area contributed by atoms with Crippen molar-refractivity contribution in [2.24, 2.45) is 10.9 Å². The van der Waals surface area contributed by atoms with Crippen molar-refractivity contribution >= 4 is 63.2 Å². The molecule has 5 rings (SSSR count). The molecule has 2 atom stereocenters. The number of carboxylic acids is 1. The van der Waals surface area contributed by atoms with Crippen molar-refractivity contribution in [1.82, 2.24) is 19.6 Å². The van der Waals surface area contributed by atoms with E-state index in [2.05, 4.69) is 20.8 Å². The number of nitrogen functional groups attached to an aromatic ring is 1. The Balaban J connectivity index is 1.35. The molecule has 7 N–H and O–H groups in total. The molecule has 2 amide bonds. The minimum absolute atomic E-state index is 0.0682. The van der Waals surface area contributed by atoms with Gasteiger partial charge < -0.3 is 32.0 Å². The SMILES string of the molecule is CO/N=C(\C(=O)N[C@@H]1C(=O)N2C(C(=O)O)=C(C[n+]3ccn4c(NCCCN)cccc43)CS[C@@H]12)c1csc(N)n1. The van der Waals surface area contributed by atoms with Gasteiger partial charge in [0.1, 0.15) is 48.9 Å². The highest BCUT2D eigenvalue weighted by molar-refractivity contribution is 8.00. The first-order chi connectivity index (χ1) is 19.3. The number of nitrogens with zero attached hydrogens (tertiary/aromatic N) is 5. The van der Waals surface area contributed by atoms with Gasteiger partial charge in [-0.1, -0.05) is 5.16 Å². The van der Waals surface area contributed by atoms with Gasteiger partial charge in [0.25, 0.3) is 17.5 Å². The van der Waals surface area contributed by atoms with Crippen molar-refractivity contribution in [3.8, 4) is 0 Å². The summed E-state index contributed by atoms with van der Waals surface area (Å²) in [5, 5.41) is 21.1. The van der Waals surface area contributed by atoms with Crippen LogP contribution in [-0.4, -0.2) is 80.3 Å². The van der Waals surface area contributed by atoms with Gasteiger partial charge in [0, 0.05) is 35.4 Å². The number of β-lactam (4-membered cyclic amide) rings is 1. The van der Waals surface area contributed by atoms with Crippen LogP contribution in [0.1, 0.15) is 12.1 Å². The molecule has 0 aliphatic carbocycles. The van der Waals surface area contributed by atoms with Gasteiger partial charge in [0.2, 0.25) is 0 Å². The second kappa shape index (κ2) is 11.5. The predicted octanol–water partition coefficient (Wildman–Crippen LogP) is -0.184. The van der Waals surface area contributed by atoms with Crippen molar-refractivity contribution < 1.29 is 28.9 Å². The Kier molecular flexibility index (Phi) is 7.90. The van der Waals surface area contributed by atoms with Gasteiger partial charge in [-0.2, -0.15) is 4.40 Å². The molecule has 2 aliphatic heterocycles. The number of carbonyl (C=O) groups is 3. The quantitative estimate of drug-likeness (QED) is 0.0661. The molecule has 0 saturated carbocycles. The Hall–Kier alpha value is -4.15. The first kappa shape index (κ1) is 27.4. The summed E-state index contributed by atoms with van der Waals surface area (Å²) >= 11 is 2.52. The predicted molar refractivity (Wildman–Crippen MR) is 150 cm³/mol. The van der Waals surface area contributed by atoms with Crippen LogP contribution >= 0.6 is 23.1 Å². The number of nitrogens with one attached hydrogen (secondary N) is 2. The maximum absolute atomic E-state index is 13.2. The van der Waals surface area contributed by atoms with Crippen LogP contribution in [0.25, 0.3) is 5.65 Å². The first-order valence-electron chi connectivity index (χ1n) is 12.3. The van der Waals surface area contributed by atoms with Crippen LogP contribution in [0.5, 0.6) is 0 Å². The van der Waals surface area contributed by atoms with Crippen molar-refractivity contribution in [1.29, 1.82) is 0 Å². The molecule has 1 saturated heterocycles. The molecule has 3 aromatic rings. The highest BCUT2D eigenvalue weighted by Gasteiger charge is 2.54. The van der Waals surface area contributed by atoms with Gasteiger partial charge in [-0.25, -0.2) is 14.3 Å². The fourth-order valence-electron chi connectivity index (χ4n) is 4.63. The maximum Gasteiger partial charge on any atom is 0.352 e. The summed E-state index contributed by atoms with van der Waals surface area (Å²) in [6.45, 7) is 1.59. The van der Waals surface area contributed by atoms with E-state index in [-0.39, 0.29) is 28.8 Å². The largest absolute Gasteiger partial charge is 0.477 e. The van der Waals surface area contributed by atoms with Crippen LogP contribution in [-0.2, 0) is 25.8 Å². The lowest BCUT2D eigenvalue weighted by Crippen LogP contribution is -2.71. The number of aliphatic carboxylic acids is 1. The number of hydrogen-bond acceptors (Lipinski definition) is 11. The van der Waals surface area contributed by atoms with E-state index in [0.717, 1.165) is 35.8 Å². The van der Waals surface area contributed by atoms with Crippen LogP contribution in [0.4, 0.5) is 10.9 Å². The Labute approximate surface area is 236 Å². The molecule has 5 heterocycles. The first-order valence-corrected chi connectivity index (χ1v) is 14.2. The fraction of sp³-hybridized carbons (Fsp3) is 0.333. The van der Waals surface area contributed by atoms with Gasteiger partial charge in [-0.05, 0) is 19.0 Å². The van der Waals surface area contributed by atoms with Crippen molar-refractivity contribution in [2.45, 2.75) is 24.4 Å². The summed E-state index contributed by atoms with van der Waals surface area (Å²) in [5.74, 6) is -1.14. The van der Waals surface area contributed by atoms with Crippen molar-refractivity contribution in [3.63, 3.8) is 0 Å². The van der Waals surface area contributed by atoms with Crippen LogP contribution in [0.15, 0.2) is 52.4 Å². The summed E-state index contributed by atoms with van der Waals surface area (Å²) in [6.07, 6.45) is 4.60. The Morgan fingerprint density at radius 3 is 2.90 bits per heavy atom. The van der Waals surface area contributed by atoms with Crippen LogP contribution in [0.2, 0.25) is 0 Å². The number of amides is 2. The third-order valence-corrected chi connectivity index (χ3v) is 8.46. The number of thioether (sulfide) groups is 1. The number of rotatable bonds is 11. The lowest BCUT2D eigenvalue weighted by Gasteiger charge is -2.49. The van der Waals surface area contributed by atoms with E-state index < -0.39 is 29.2 Å². The summed E-state index contributed by atoms with van der Waals surface area (Å²) in [4.78, 5) is 48.6. The molecule has 14 nitrogen and oxygen atoms in total. The van der Waals surface area contributed by atoms with Gasteiger partial charge in [0.15, 0.2) is 16.7 Å². The maximum atomic E-state index is 13.2. The molecule has 210 valence electrons. The highest BCUT2D eigenvalue weighted by Crippen LogP contribution is 2.40. The molecule has 0 radical (unpaired) electrons. The minimum atomic E-state index is -1.20. The highest BCUT2D eigenvalue weighted by atomic mass is 32.2. The molecule has 0 unspecified atom stereocenters. The average Bonchev–Trinajstić information content (AvgIpc) is 3.56. The zero-order valence-electron chi connectivity index (χ0n) is 21.4. The van der Waals surface area contributed by atoms with Crippen molar-refractivity contribution in [2.75, 3.05) is 37.0 Å². The number of thiazole rings is 1. The number of pyridine rings is 1. The number of oxime groups is 1. The van der Waals surface area contributed by atoms with Gasteiger partial charge >= 0.3 is 5.97 Å². The molecule has 0 spiro atoms. The van der Waals surface area contributed by atoms with E-state index >= 15 is 0 Å². The van der Waals surface area contributed by atoms with Crippen LogP contribution < -0.4 is 26.7 Å². The van der Waals surface area contributed by atoms with Gasteiger partial charge in [-0.3, -0.25) is 14.5 Å². The van der Waals surface area contributed by atoms with E-state index in [1.54, 1.807) is 5.38 Å². The Morgan fingerprint density at radius 1 is 1.38 bits per heavy atom. The zero-order valence-corrected chi connectivity index (χ0v) is 23.1. The molecule has 16 heteroatoms. The summed E-state index contributed by atoms with van der Waals surface area (Å²) in [6, 6.07) is 4.87. The number of carboxylic acid groups (broad SMARTS) is 1. The Morgan fingerprint density at radius 2 is 2.20 bits per heavy atom. The number of imidazole rings is 1. The summed E-state index contributed by atoms with van der Waals surface area (Å²) < 4.78 is 3.91. The summed E-state index contributed by atoms with van der Waals surface area (Å²) in [5.41, 5.74) is 12.7. The normalized spacial score (nSPS) is 18.9. The molecular weight excluding hydrogens is 558 g/mol. The van der Waals surface area contributed by atoms with Crippen LogP contribution in [0.3, 0.4) is 0 Å². The number of carbonyl (C=O) groups excluding carboxylic acids is 2. The third-order valence-electron chi connectivity index (χ3n) is 6.44. The lowest BCUT2D eigenvalue weighted by molar-refractivity contribution is -0.662. The third kappa shape index (κ3) is 5.07. The van der Waals surface area contributed by atoms with E-state index in [0.29, 0.717) is 17.9 Å². The van der Waals surface area contributed by atoms with E-state index in [1.165, 1.54) is 23.8 Å². The molecule has 2 aliphatic rings. The second-order valence-corrected chi connectivity index (χ2v) is 10.9. The molecule has 0 aromatic carbocycles. The molecule has 0 bridgehead atoms. The standard InChI is InChI=1S/C24H27N9O5S2/c1-38-30-17(14-12-40-24(26)28-14)20(34)29-18-21(35)33-19(23(36)37)13(11-39-22(18)33)10-31-8-9-32-15(27-7-3-6-25)4-2-5-16(31)32/h2,4-5,8-9,12,18,22H,3,6-7,10-11,25H2,1H3,(H4,26,28,29,34,36,37)/p+1/b30-17-/t18-,22+/m1/s1. The van der Waals surface area contributed by atoms with Crippen LogP contribution in [0, 0.1) is 0 Å². The van der Waals surface area contributed by atoms with Gasteiger partial charge in [0.05, 0.1) is 0 Å². The fourth-order valence-corrected chi connectivity index (χ4v) is 6.52. The Bertz CT molecular complexity index is 1530. The molecule has 3 aromatic heterocycles. The van der Waals surface area contributed by atoms with E-state index in [9.17, 15) is 19.5 Å². The minimum Gasteiger partial charge on any atom is -0.477 e. The number of nitrogens with two attached hydrogens (primary N) is 2. The number of anilines is 2. The number of hydrogen-bond donors (Lipinski definition) is 5. The van der Waals surface area contributed by atoms with Crippen molar-refractivity contribution in [3.05, 3.63) is 52.9 Å². The van der Waals surface area contributed by atoms with Gasteiger partial charge in [-0.15, -0.1) is 23.1 Å². The zero-order chi connectivity index (χ0) is 28.4. The monoisotopic (exact) mass is 586 g/mol. The number of fused-ring (bicyclic) bond motifs is 2. The lowest BCUT2D eigenvalue weighted by atomic mass is 10.0. The summed E-state index contributed by atoms with van der Waals surface area (Å²) in [7, 11) is 1.29. The second-order valence-electron chi connectivity index (χ2n) is 8.95. The average molecular weight is 587 g/mol. The molecule has 1 fully saturated rings. The smallest absolute Gasteiger partial charge is 0.352 e. The molecule has 40 heavy (non-hydrogen) atoms. The number of aromatic nitrogens is 3. The molecular formula is C24H28N9O5S2+.